The van der Waals surface area contributed by atoms with Gasteiger partial charge in [-0.25, -0.2) is 13.4 Å². The van der Waals surface area contributed by atoms with Crippen molar-refractivity contribution in [3.05, 3.63) is 76.3 Å². The summed E-state index contributed by atoms with van der Waals surface area (Å²) in [6.07, 6.45) is 2.71. The molecule has 1 fully saturated rings. The Bertz CT molecular complexity index is 1580. The van der Waals surface area contributed by atoms with Crippen LogP contribution in [0.5, 0.6) is 0 Å². The summed E-state index contributed by atoms with van der Waals surface area (Å²) in [7, 11) is -3.01. The predicted molar refractivity (Wildman–Crippen MR) is 177 cm³/mol. The van der Waals surface area contributed by atoms with Crippen molar-refractivity contribution in [2.75, 3.05) is 31.1 Å². The predicted octanol–water partition coefficient (Wildman–Crippen LogP) is 5.23. The summed E-state index contributed by atoms with van der Waals surface area (Å²) in [5.41, 5.74) is 2.27. The monoisotopic (exact) mass is 657 g/mol. The van der Waals surface area contributed by atoms with E-state index in [9.17, 15) is 22.8 Å². The van der Waals surface area contributed by atoms with Crippen LogP contribution in [0.15, 0.2) is 60.7 Å². The number of rotatable bonds is 16. The van der Waals surface area contributed by atoms with Crippen molar-refractivity contribution < 1.29 is 22.8 Å². The third kappa shape index (κ3) is 10.3. The molecule has 236 valence electrons. The lowest BCUT2D eigenvalue weighted by Gasteiger charge is -2.27. The Morgan fingerprint density at radius 2 is 1.80 bits per heavy atom. The van der Waals surface area contributed by atoms with Gasteiger partial charge < -0.3 is 5.32 Å². The smallest absolute Gasteiger partial charge is 0.224 e. The molecule has 44 heavy (non-hydrogen) atoms. The van der Waals surface area contributed by atoms with Crippen LogP contribution in [0.4, 0.5) is 0 Å². The molecular formula is C33H40ClN3O5S2. The number of halogens is 1. The third-order valence-corrected chi connectivity index (χ3v) is 10.7. The van der Waals surface area contributed by atoms with E-state index in [4.69, 9.17) is 11.6 Å². The van der Waals surface area contributed by atoms with Gasteiger partial charge in [0.05, 0.1) is 32.6 Å². The highest BCUT2D eigenvalue weighted by atomic mass is 35.5. The molecule has 11 heteroatoms. The minimum absolute atomic E-state index is 0.0356. The number of carbonyl (C=O) groups excluding carboxylic acids is 3. The molecule has 4 rings (SSSR count). The first-order valence-electron chi connectivity index (χ1n) is 15.1. The average Bonchev–Trinajstić information content (AvgIpc) is 3.38. The lowest BCUT2D eigenvalue weighted by molar-refractivity contribution is -0.130. The number of thiazole rings is 1. The molecule has 0 spiro atoms. The van der Waals surface area contributed by atoms with Crippen LogP contribution in [-0.2, 0) is 37.1 Å². The minimum Gasteiger partial charge on any atom is -0.353 e. The fraction of sp³-hybridized carbons (Fsp3) is 0.455. The number of hydrogen-bond acceptors (Lipinski definition) is 8. The fourth-order valence-electron chi connectivity index (χ4n) is 5.35. The van der Waals surface area contributed by atoms with E-state index in [0.29, 0.717) is 62.3 Å². The van der Waals surface area contributed by atoms with Crippen molar-refractivity contribution in [2.24, 2.45) is 5.92 Å². The second-order valence-electron chi connectivity index (χ2n) is 11.5. The molecule has 1 aliphatic rings. The molecule has 8 nitrogen and oxygen atoms in total. The van der Waals surface area contributed by atoms with Gasteiger partial charge in [0.2, 0.25) is 5.91 Å². The molecule has 0 unspecified atom stereocenters. The number of ketones is 2. The molecule has 0 aliphatic carbocycles. The molecule has 1 aromatic heterocycles. The first-order chi connectivity index (χ1) is 21.0. The number of fused-ring (bicyclic) bond motifs is 1. The van der Waals surface area contributed by atoms with Crippen molar-refractivity contribution in [3.63, 3.8) is 0 Å². The zero-order valence-corrected chi connectivity index (χ0v) is 27.5. The Morgan fingerprint density at radius 1 is 1.07 bits per heavy atom. The van der Waals surface area contributed by atoms with Gasteiger partial charge >= 0.3 is 0 Å². The number of nitrogens with one attached hydrogen (secondary N) is 1. The van der Waals surface area contributed by atoms with Crippen LogP contribution >= 0.6 is 22.9 Å². The zero-order chi connectivity index (χ0) is 31.7. The van der Waals surface area contributed by atoms with E-state index in [1.54, 1.807) is 6.07 Å². The number of nitrogens with zero attached hydrogens (tertiary/aromatic N) is 2. The summed E-state index contributed by atoms with van der Waals surface area (Å²) in [6.45, 7) is 7.03. The summed E-state index contributed by atoms with van der Waals surface area (Å²) < 4.78 is 24.4. The molecule has 0 bridgehead atoms. The Hall–Kier alpha value is -2.92. The van der Waals surface area contributed by atoms with Crippen LogP contribution in [0.25, 0.3) is 10.2 Å². The second-order valence-corrected chi connectivity index (χ2v) is 15.4. The minimum atomic E-state index is -3.01. The Kier molecular flexibility index (Phi) is 12.3. The van der Waals surface area contributed by atoms with Crippen molar-refractivity contribution in [1.29, 1.82) is 0 Å². The molecule has 1 saturated heterocycles. The Morgan fingerprint density at radius 3 is 2.50 bits per heavy atom. The molecule has 2 heterocycles. The summed E-state index contributed by atoms with van der Waals surface area (Å²) in [6, 6.07) is 14.9. The van der Waals surface area contributed by atoms with Gasteiger partial charge in [-0.05, 0) is 43.0 Å². The highest BCUT2D eigenvalue weighted by Gasteiger charge is 2.27. The molecule has 1 aliphatic heterocycles. The molecular weight excluding hydrogens is 618 g/mol. The van der Waals surface area contributed by atoms with Crippen LogP contribution in [-0.4, -0.2) is 73.0 Å². The quantitative estimate of drug-likeness (QED) is 0.210. The fourth-order valence-corrected chi connectivity index (χ4v) is 7.95. The van der Waals surface area contributed by atoms with E-state index in [0.717, 1.165) is 20.8 Å². The van der Waals surface area contributed by atoms with Gasteiger partial charge in [-0.15, -0.1) is 11.3 Å². The molecule has 1 N–H and O–H groups in total. The van der Waals surface area contributed by atoms with E-state index in [1.165, 1.54) is 11.3 Å². The number of benzene rings is 2. The van der Waals surface area contributed by atoms with E-state index in [-0.39, 0.29) is 47.9 Å². The number of aromatic nitrogens is 1. The molecule has 2 atom stereocenters. The van der Waals surface area contributed by atoms with Crippen molar-refractivity contribution in [2.45, 2.75) is 57.9 Å². The zero-order valence-electron chi connectivity index (χ0n) is 25.1. The maximum absolute atomic E-state index is 13.8. The molecule has 0 radical (unpaired) electrons. The van der Waals surface area contributed by atoms with E-state index in [2.05, 4.69) is 16.9 Å². The van der Waals surface area contributed by atoms with Gasteiger partial charge in [-0.2, -0.15) is 0 Å². The Labute approximate surface area is 268 Å². The van der Waals surface area contributed by atoms with Crippen molar-refractivity contribution in [3.8, 4) is 0 Å². The number of carbonyl (C=O) groups is 3. The van der Waals surface area contributed by atoms with Crippen LogP contribution in [0, 0.1) is 5.92 Å². The number of amides is 1. The average molecular weight is 658 g/mol. The normalized spacial score (nSPS) is 16.3. The molecule has 3 aromatic rings. The summed E-state index contributed by atoms with van der Waals surface area (Å²) >= 11 is 7.63. The highest BCUT2D eigenvalue weighted by molar-refractivity contribution is 7.91. The molecule has 0 saturated carbocycles. The van der Waals surface area contributed by atoms with Crippen molar-refractivity contribution in [1.82, 2.24) is 15.2 Å². The van der Waals surface area contributed by atoms with Gasteiger partial charge in [0.25, 0.3) is 0 Å². The lowest BCUT2D eigenvalue weighted by Crippen LogP contribution is -2.42. The number of hydrogen-bond donors (Lipinski definition) is 1. The van der Waals surface area contributed by atoms with Gasteiger partial charge in [0.1, 0.15) is 5.78 Å². The van der Waals surface area contributed by atoms with E-state index >= 15 is 0 Å². The van der Waals surface area contributed by atoms with Crippen molar-refractivity contribution >= 4 is 60.5 Å². The summed E-state index contributed by atoms with van der Waals surface area (Å²) in [4.78, 5) is 46.2. The first kappa shape index (κ1) is 34.0. The maximum Gasteiger partial charge on any atom is 0.224 e. The van der Waals surface area contributed by atoms with Crippen LogP contribution in [0.1, 0.15) is 49.6 Å². The maximum atomic E-state index is 13.8. The number of sulfone groups is 1. The van der Waals surface area contributed by atoms with Gasteiger partial charge in [0, 0.05) is 62.0 Å². The summed E-state index contributed by atoms with van der Waals surface area (Å²) in [5, 5.41) is 4.55. The first-order valence-corrected chi connectivity index (χ1v) is 18.1. The van der Waals surface area contributed by atoms with Crippen LogP contribution in [0.3, 0.4) is 0 Å². The van der Waals surface area contributed by atoms with E-state index < -0.39 is 15.8 Å². The largest absolute Gasteiger partial charge is 0.353 e. The lowest BCUT2D eigenvalue weighted by atomic mass is 9.94. The number of Topliss-reactive ketones (excluding diaryl/α,β-unsaturated/α-hetero) is 2. The van der Waals surface area contributed by atoms with Gasteiger partial charge in [0.15, 0.2) is 15.6 Å². The highest BCUT2D eigenvalue weighted by Crippen LogP contribution is 2.28. The summed E-state index contributed by atoms with van der Waals surface area (Å²) in [5.74, 6) is -0.710. The molecule has 2 aromatic carbocycles. The topological polar surface area (TPSA) is 114 Å². The van der Waals surface area contributed by atoms with E-state index in [1.807, 2.05) is 54.3 Å². The standard InChI is InChI=1S/C33H40ClN3O5S2/c1-3-7-28(38)19-25(20-32-36-29-12-10-26(34)21-31(29)43-32)33(40)35-27(18-24-8-5-4-6-9-24)11-13-30(39)23(2)22-37-14-16-44(41,42)17-15-37/h4-6,8-10,12,21,25,27H,2-3,7,11,13-20,22H2,1H3,(H,35,40)/t25-,27+/m0/s1. The third-order valence-electron chi connectivity index (χ3n) is 7.83. The Balaban J connectivity index is 1.44. The van der Waals surface area contributed by atoms with Gasteiger partial charge in [-0.1, -0.05) is 55.4 Å². The van der Waals surface area contributed by atoms with Crippen LogP contribution in [0.2, 0.25) is 5.02 Å². The van der Waals surface area contributed by atoms with Crippen LogP contribution < -0.4 is 5.32 Å². The SMILES string of the molecule is C=C(CN1CCS(=O)(=O)CC1)C(=O)CC[C@H](Cc1ccccc1)NC(=O)[C@@H](CC(=O)CCC)Cc1nc2ccc(Cl)cc2s1. The van der Waals surface area contributed by atoms with Gasteiger partial charge in [-0.3, -0.25) is 19.3 Å². The molecule has 1 amide bonds. The second kappa shape index (κ2) is 15.9.